The van der Waals surface area contributed by atoms with E-state index in [1.807, 2.05) is 24.4 Å². The minimum absolute atomic E-state index is 0.124. The van der Waals surface area contributed by atoms with Crippen LogP contribution in [0.15, 0.2) is 41.8 Å². The highest BCUT2D eigenvalue weighted by Gasteiger charge is 2.11. The van der Waals surface area contributed by atoms with Crippen molar-refractivity contribution in [1.82, 2.24) is 5.32 Å². The van der Waals surface area contributed by atoms with E-state index in [-0.39, 0.29) is 18.6 Å². The third-order valence-electron chi connectivity index (χ3n) is 3.48. The van der Waals surface area contributed by atoms with Gasteiger partial charge in [-0.3, -0.25) is 4.79 Å². The molecular weight excluding hydrogens is 354 g/mol. The average molecular weight is 375 g/mol. The average Bonchev–Trinajstić information content (AvgIpc) is 3.19. The van der Waals surface area contributed by atoms with Crippen LogP contribution in [0.3, 0.4) is 0 Å². The minimum Gasteiger partial charge on any atom is -0.497 e. The van der Waals surface area contributed by atoms with Crippen molar-refractivity contribution in [3.8, 4) is 11.5 Å². The Morgan fingerprint density at radius 2 is 1.88 bits per heavy atom. The smallest absolute Gasteiger partial charge is 0.331 e. The van der Waals surface area contributed by atoms with E-state index in [0.717, 1.165) is 4.88 Å². The van der Waals surface area contributed by atoms with Gasteiger partial charge < -0.3 is 19.5 Å². The first-order valence-electron chi connectivity index (χ1n) is 7.92. The van der Waals surface area contributed by atoms with Gasteiger partial charge in [0.2, 0.25) is 0 Å². The largest absolute Gasteiger partial charge is 0.497 e. The number of hydrogen-bond acceptors (Lipinski definition) is 6. The molecular formula is C19H21NO5S. The Balaban J connectivity index is 1.84. The molecule has 1 N–H and O–H groups in total. The van der Waals surface area contributed by atoms with Gasteiger partial charge in [-0.05, 0) is 42.1 Å². The number of ether oxygens (including phenoxy) is 3. The molecule has 0 saturated heterocycles. The lowest BCUT2D eigenvalue weighted by Gasteiger charge is -2.11. The zero-order valence-corrected chi connectivity index (χ0v) is 15.7. The van der Waals surface area contributed by atoms with Gasteiger partial charge in [0.25, 0.3) is 5.91 Å². The fourth-order valence-electron chi connectivity index (χ4n) is 2.17. The number of nitrogens with one attached hydrogen (secondary N) is 1. The van der Waals surface area contributed by atoms with Crippen LogP contribution in [-0.2, 0) is 14.3 Å². The molecule has 0 fully saturated rings. The summed E-state index contributed by atoms with van der Waals surface area (Å²) in [4.78, 5) is 24.7. The van der Waals surface area contributed by atoms with Crippen LogP contribution in [0.2, 0.25) is 0 Å². The Hall–Kier alpha value is -2.80. The zero-order valence-electron chi connectivity index (χ0n) is 14.9. The predicted molar refractivity (Wildman–Crippen MR) is 100 cm³/mol. The van der Waals surface area contributed by atoms with Gasteiger partial charge in [-0.1, -0.05) is 6.07 Å². The van der Waals surface area contributed by atoms with E-state index in [4.69, 9.17) is 14.2 Å². The first-order valence-corrected chi connectivity index (χ1v) is 8.80. The number of amides is 1. The molecule has 6 nitrogen and oxygen atoms in total. The van der Waals surface area contributed by atoms with E-state index in [1.54, 1.807) is 49.8 Å². The maximum atomic E-state index is 11.9. The van der Waals surface area contributed by atoms with Crippen LogP contribution >= 0.6 is 11.3 Å². The lowest BCUT2D eigenvalue weighted by Crippen LogP contribution is -2.30. The number of carbonyl (C=O) groups is 2. The van der Waals surface area contributed by atoms with Crippen molar-refractivity contribution in [1.29, 1.82) is 0 Å². The van der Waals surface area contributed by atoms with Crippen molar-refractivity contribution < 1.29 is 23.8 Å². The lowest BCUT2D eigenvalue weighted by atomic mass is 10.2. The lowest BCUT2D eigenvalue weighted by molar-refractivity contribution is -0.144. The standard InChI is InChI=1S/C19H21NO5S/c1-13(17-5-4-8-26-17)20-18(21)12-25-19(22)7-6-14-9-15(23-2)11-16(10-14)24-3/h4-11,13H,12H2,1-3H3,(H,20,21)/b7-6+/t13-/m1/s1. The third-order valence-corrected chi connectivity index (χ3v) is 4.53. The number of benzene rings is 1. The van der Waals surface area contributed by atoms with Crippen molar-refractivity contribution in [2.45, 2.75) is 13.0 Å². The minimum atomic E-state index is -0.606. The molecule has 0 spiro atoms. The Morgan fingerprint density at radius 3 is 2.46 bits per heavy atom. The second kappa shape index (κ2) is 9.62. The SMILES string of the molecule is COc1cc(/C=C/C(=O)OCC(=O)N[C@H](C)c2cccs2)cc(OC)c1. The van der Waals surface area contributed by atoms with E-state index < -0.39 is 5.97 Å². The summed E-state index contributed by atoms with van der Waals surface area (Å²) in [6, 6.07) is 8.97. The molecule has 2 aromatic rings. The van der Waals surface area contributed by atoms with E-state index >= 15 is 0 Å². The molecule has 0 radical (unpaired) electrons. The maximum Gasteiger partial charge on any atom is 0.331 e. The van der Waals surface area contributed by atoms with Gasteiger partial charge in [-0.2, -0.15) is 0 Å². The highest BCUT2D eigenvalue weighted by atomic mass is 32.1. The number of carbonyl (C=O) groups excluding carboxylic acids is 2. The van der Waals surface area contributed by atoms with Crippen molar-refractivity contribution in [3.63, 3.8) is 0 Å². The highest BCUT2D eigenvalue weighted by molar-refractivity contribution is 7.10. The van der Waals surface area contributed by atoms with Crippen LogP contribution in [0, 0.1) is 0 Å². The Kier molecular flexibility index (Phi) is 7.23. The monoisotopic (exact) mass is 375 g/mol. The summed E-state index contributed by atoms with van der Waals surface area (Å²) in [7, 11) is 3.10. The van der Waals surface area contributed by atoms with Gasteiger partial charge in [-0.25, -0.2) is 4.79 Å². The highest BCUT2D eigenvalue weighted by Crippen LogP contribution is 2.23. The van der Waals surface area contributed by atoms with Crippen LogP contribution < -0.4 is 14.8 Å². The van der Waals surface area contributed by atoms with Gasteiger partial charge in [-0.15, -0.1) is 11.3 Å². The number of thiophene rings is 1. The Bertz CT molecular complexity index is 748. The number of rotatable bonds is 8. The molecule has 2 rings (SSSR count). The first kappa shape index (κ1) is 19.5. The van der Waals surface area contributed by atoms with E-state index in [9.17, 15) is 9.59 Å². The van der Waals surface area contributed by atoms with Gasteiger partial charge in [0, 0.05) is 17.0 Å². The van der Waals surface area contributed by atoms with Gasteiger partial charge in [0.1, 0.15) is 11.5 Å². The van der Waals surface area contributed by atoms with Crippen molar-refractivity contribution in [2.75, 3.05) is 20.8 Å². The van der Waals surface area contributed by atoms with E-state index in [1.165, 1.54) is 6.08 Å². The van der Waals surface area contributed by atoms with Crippen LogP contribution in [0.25, 0.3) is 6.08 Å². The van der Waals surface area contributed by atoms with E-state index in [0.29, 0.717) is 17.1 Å². The molecule has 138 valence electrons. The Labute approximate surface area is 156 Å². The molecule has 0 unspecified atom stereocenters. The number of esters is 1. The fourth-order valence-corrected chi connectivity index (χ4v) is 2.90. The van der Waals surface area contributed by atoms with Crippen molar-refractivity contribution in [2.24, 2.45) is 0 Å². The summed E-state index contributed by atoms with van der Waals surface area (Å²) in [5.74, 6) is 0.264. The summed E-state index contributed by atoms with van der Waals surface area (Å²) in [5.41, 5.74) is 0.717. The summed E-state index contributed by atoms with van der Waals surface area (Å²) in [6.07, 6.45) is 2.82. The van der Waals surface area contributed by atoms with Gasteiger partial charge in [0.05, 0.1) is 20.3 Å². The maximum absolute atomic E-state index is 11.9. The molecule has 1 atom stereocenters. The van der Waals surface area contributed by atoms with Crippen molar-refractivity contribution >= 4 is 29.3 Å². The van der Waals surface area contributed by atoms with Crippen LogP contribution in [0.5, 0.6) is 11.5 Å². The molecule has 0 bridgehead atoms. The van der Waals surface area contributed by atoms with E-state index in [2.05, 4.69) is 5.32 Å². The van der Waals surface area contributed by atoms with Crippen molar-refractivity contribution in [3.05, 3.63) is 52.2 Å². The van der Waals surface area contributed by atoms with Crippen LogP contribution in [-0.4, -0.2) is 32.7 Å². The van der Waals surface area contributed by atoms with Gasteiger partial charge in [0.15, 0.2) is 6.61 Å². The van der Waals surface area contributed by atoms with Crippen LogP contribution in [0.1, 0.15) is 23.4 Å². The zero-order chi connectivity index (χ0) is 18.9. The van der Waals surface area contributed by atoms with Crippen LogP contribution in [0.4, 0.5) is 0 Å². The number of methoxy groups -OCH3 is 2. The molecule has 1 aromatic carbocycles. The summed E-state index contributed by atoms with van der Waals surface area (Å²) in [5, 5.41) is 4.72. The molecule has 0 saturated carbocycles. The molecule has 0 aliphatic carbocycles. The summed E-state index contributed by atoms with van der Waals surface area (Å²) in [6.45, 7) is 1.54. The molecule has 1 aromatic heterocycles. The first-order chi connectivity index (χ1) is 12.5. The summed E-state index contributed by atoms with van der Waals surface area (Å²) < 4.78 is 15.3. The number of hydrogen-bond donors (Lipinski definition) is 1. The second-order valence-electron chi connectivity index (χ2n) is 5.39. The van der Waals surface area contributed by atoms with Gasteiger partial charge >= 0.3 is 5.97 Å². The Morgan fingerprint density at radius 1 is 1.19 bits per heavy atom. The molecule has 0 aliphatic heterocycles. The third kappa shape index (κ3) is 5.93. The molecule has 1 heterocycles. The summed E-state index contributed by atoms with van der Waals surface area (Å²) >= 11 is 1.55. The molecule has 1 amide bonds. The molecule has 26 heavy (non-hydrogen) atoms. The molecule has 0 aliphatic rings. The fraction of sp³-hybridized carbons (Fsp3) is 0.263. The topological polar surface area (TPSA) is 73.9 Å². The predicted octanol–water partition coefficient (Wildman–Crippen LogP) is 3.20. The normalized spacial score (nSPS) is 11.8. The second-order valence-corrected chi connectivity index (χ2v) is 6.37. The molecule has 7 heteroatoms. The quantitative estimate of drug-likeness (QED) is 0.567.